The van der Waals surface area contributed by atoms with Crippen molar-refractivity contribution < 1.29 is 14.8 Å². The summed E-state index contributed by atoms with van der Waals surface area (Å²) in [6.45, 7) is 0. The highest BCUT2D eigenvalue weighted by atomic mass is 79.9. The monoisotopic (exact) mass is 442 g/mol. The van der Waals surface area contributed by atoms with Gasteiger partial charge in [-0.25, -0.2) is 5.43 Å². The molecule has 8 nitrogen and oxygen atoms in total. The van der Waals surface area contributed by atoms with Crippen molar-refractivity contribution in [1.82, 2.24) is 10.4 Å². The third kappa shape index (κ3) is 4.33. The molecule has 0 saturated carbocycles. The summed E-state index contributed by atoms with van der Waals surface area (Å²) in [6.07, 6.45) is 3.99. The van der Waals surface area contributed by atoms with E-state index in [-0.39, 0.29) is 27.0 Å². The second-order valence-electron chi connectivity index (χ2n) is 4.21. The number of nitro groups is 1. The molecule has 2 N–H and O–H groups in total. The van der Waals surface area contributed by atoms with Crippen LogP contribution in [0.4, 0.5) is 5.69 Å². The van der Waals surface area contributed by atoms with E-state index in [2.05, 4.69) is 47.4 Å². The Morgan fingerprint density at radius 3 is 2.74 bits per heavy atom. The minimum Gasteiger partial charge on any atom is -0.506 e. The van der Waals surface area contributed by atoms with Gasteiger partial charge in [-0.15, -0.1) is 0 Å². The number of phenols is 1. The minimum absolute atomic E-state index is 0.0822. The van der Waals surface area contributed by atoms with Crippen LogP contribution >= 0.6 is 31.9 Å². The van der Waals surface area contributed by atoms with Crippen LogP contribution in [0.25, 0.3) is 0 Å². The number of nitro benzene ring substituents is 1. The maximum atomic E-state index is 11.8. The molecule has 1 aromatic carbocycles. The fourth-order valence-electron chi connectivity index (χ4n) is 1.57. The molecule has 2 aromatic rings. The van der Waals surface area contributed by atoms with Gasteiger partial charge in [0, 0.05) is 34.6 Å². The summed E-state index contributed by atoms with van der Waals surface area (Å²) < 4.78 is 0.782. The van der Waals surface area contributed by atoms with E-state index in [9.17, 15) is 20.0 Å². The average Bonchev–Trinajstić information content (AvgIpc) is 2.50. The molecular formula is C13H8Br2N4O4. The highest BCUT2D eigenvalue weighted by Crippen LogP contribution is 2.31. The van der Waals surface area contributed by atoms with Gasteiger partial charge in [-0.3, -0.25) is 19.9 Å². The number of halogens is 2. The summed E-state index contributed by atoms with van der Waals surface area (Å²) in [7, 11) is 0. The minimum atomic E-state index is -0.604. The van der Waals surface area contributed by atoms with E-state index in [1.54, 1.807) is 6.07 Å². The number of aromatic hydroxyl groups is 1. The second-order valence-corrected chi connectivity index (χ2v) is 5.98. The smallest absolute Gasteiger partial charge is 0.272 e. The Kier molecular flexibility index (Phi) is 5.40. The number of nitrogens with zero attached hydrogens (tertiary/aromatic N) is 3. The first kappa shape index (κ1) is 17.0. The number of hydrazone groups is 1. The zero-order valence-electron chi connectivity index (χ0n) is 11.2. The van der Waals surface area contributed by atoms with E-state index in [1.807, 2.05) is 0 Å². The van der Waals surface area contributed by atoms with Crippen LogP contribution in [0.2, 0.25) is 0 Å². The van der Waals surface area contributed by atoms with Crippen LogP contribution in [0.5, 0.6) is 5.75 Å². The van der Waals surface area contributed by atoms with E-state index in [0.29, 0.717) is 4.47 Å². The van der Waals surface area contributed by atoms with Gasteiger partial charge in [0.05, 0.1) is 21.2 Å². The molecule has 0 atom stereocenters. The molecule has 0 bridgehead atoms. The number of rotatable bonds is 4. The molecule has 2 rings (SSSR count). The van der Waals surface area contributed by atoms with Crippen molar-refractivity contribution in [2.45, 2.75) is 0 Å². The molecule has 0 spiro atoms. The number of pyridine rings is 1. The van der Waals surface area contributed by atoms with Crippen LogP contribution in [0.15, 0.2) is 44.6 Å². The molecule has 1 aromatic heterocycles. The summed E-state index contributed by atoms with van der Waals surface area (Å²) in [5.74, 6) is -0.739. The molecule has 0 aliphatic carbocycles. The molecule has 1 heterocycles. The summed E-state index contributed by atoms with van der Waals surface area (Å²) in [4.78, 5) is 25.9. The Morgan fingerprint density at radius 2 is 2.09 bits per heavy atom. The highest BCUT2D eigenvalue weighted by Gasteiger charge is 2.13. The Bertz CT molecular complexity index is 811. The summed E-state index contributed by atoms with van der Waals surface area (Å²) >= 11 is 6.21. The van der Waals surface area contributed by atoms with Crippen LogP contribution in [-0.4, -0.2) is 27.1 Å². The number of carbonyl (C=O) groups excluding carboxylic acids is 1. The molecule has 23 heavy (non-hydrogen) atoms. The van der Waals surface area contributed by atoms with Gasteiger partial charge in [0.2, 0.25) is 0 Å². The molecule has 0 radical (unpaired) electrons. The number of benzene rings is 1. The van der Waals surface area contributed by atoms with Crippen molar-refractivity contribution in [1.29, 1.82) is 0 Å². The lowest BCUT2D eigenvalue weighted by atomic mass is 10.2. The quantitative estimate of drug-likeness (QED) is 0.427. The number of nitrogens with one attached hydrogen (secondary N) is 1. The van der Waals surface area contributed by atoms with E-state index in [1.165, 1.54) is 18.5 Å². The molecule has 0 fully saturated rings. The van der Waals surface area contributed by atoms with Crippen LogP contribution in [0.3, 0.4) is 0 Å². The highest BCUT2D eigenvalue weighted by molar-refractivity contribution is 9.10. The van der Waals surface area contributed by atoms with Crippen molar-refractivity contribution >= 4 is 49.7 Å². The lowest BCUT2D eigenvalue weighted by Crippen LogP contribution is -2.17. The average molecular weight is 444 g/mol. The van der Waals surface area contributed by atoms with Crippen LogP contribution < -0.4 is 5.43 Å². The van der Waals surface area contributed by atoms with E-state index >= 15 is 0 Å². The van der Waals surface area contributed by atoms with Gasteiger partial charge in [-0.1, -0.05) is 0 Å². The SMILES string of the molecule is O=C(N/N=C\c1cc([N+](=O)[O-])cc(Br)c1O)c1cncc(Br)c1. The molecule has 0 unspecified atom stereocenters. The lowest BCUT2D eigenvalue weighted by Gasteiger charge is -2.03. The molecule has 118 valence electrons. The number of hydrogen-bond acceptors (Lipinski definition) is 6. The van der Waals surface area contributed by atoms with Gasteiger partial charge in [-0.2, -0.15) is 5.10 Å². The van der Waals surface area contributed by atoms with Gasteiger partial charge < -0.3 is 5.11 Å². The molecule has 0 saturated heterocycles. The van der Waals surface area contributed by atoms with Crippen molar-refractivity contribution in [3.8, 4) is 5.75 Å². The molecule has 0 aliphatic rings. The largest absolute Gasteiger partial charge is 0.506 e. The van der Waals surface area contributed by atoms with Gasteiger partial charge in [0.1, 0.15) is 5.75 Å². The molecule has 0 aliphatic heterocycles. The third-order valence-electron chi connectivity index (χ3n) is 2.63. The first-order valence-electron chi connectivity index (χ1n) is 5.99. The van der Waals surface area contributed by atoms with Gasteiger partial charge in [0.15, 0.2) is 0 Å². The zero-order chi connectivity index (χ0) is 17.0. The van der Waals surface area contributed by atoms with Crippen LogP contribution in [-0.2, 0) is 0 Å². The van der Waals surface area contributed by atoms with Crippen molar-refractivity contribution in [3.63, 3.8) is 0 Å². The number of phenolic OH excluding ortho intramolecular Hbond substituents is 1. The Hall–Kier alpha value is -2.33. The van der Waals surface area contributed by atoms with Gasteiger partial charge in [-0.05, 0) is 37.9 Å². The summed E-state index contributed by atoms with van der Waals surface area (Å²) in [5.41, 5.74) is 2.38. The fourth-order valence-corrected chi connectivity index (χ4v) is 2.40. The molecule has 1 amide bonds. The van der Waals surface area contributed by atoms with E-state index in [0.717, 1.165) is 12.3 Å². The second kappa shape index (κ2) is 7.29. The topological polar surface area (TPSA) is 118 Å². The first-order chi connectivity index (χ1) is 10.9. The van der Waals surface area contributed by atoms with Crippen molar-refractivity contribution in [2.24, 2.45) is 5.10 Å². The number of non-ortho nitro benzene ring substituents is 1. The van der Waals surface area contributed by atoms with E-state index in [4.69, 9.17) is 0 Å². The maximum Gasteiger partial charge on any atom is 0.272 e. The first-order valence-corrected chi connectivity index (χ1v) is 7.58. The number of aromatic nitrogens is 1. The van der Waals surface area contributed by atoms with Crippen LogP contribution in [0.1, 0.15) is 15.9 Å². The Labute approximate surface area is 146 Å². The predicted molar refractivity (Wildman–Crippen MR) is 89.5 cm³/mol. The van der Waals surface area contributed by atoms with Gasteiger partial charge >= 0.3 is 0 Å². The standard InChI is InChI=1S/C13H8Br2N4O4/c14-9-1-8(4-16-6-9)13(21)18-17-5-7-2-10(19(22)23)3-11(15)12(7)20/h1-6,20H,(H,18,21)/b17-5-. The maximum absolute atomic E-state index is 11.8. The van der Waals surface area contributed by atoms with Crippen molar-refractivity contribution in [3.05, 3.63) is 60.8 Å². The summed E-state index contributed by atoms with van der Waals surface area (Å²) in [6, 6.07) is 3.86. The van der Waals surface area contributed by atoms with Crippen molar-refractivity contribution in [2.75, 3.05) is 0 Å². The van der Waals surface area contributed by atoms with Gasteiger partial charge in [0.25, 0.3) is 11.6 Å². The number of carbonyl (C=O) groups is 1. The lowest BCUT2D eigenvalue weighted by molar-refractivity contribution is -0.385. The fraction of sp³-hybridized carbons (Fsp3) is 0. The Morgan fingerprint density at radius 1 is 1.35 bits per heavy atom. The zero-order valence-corrected chi connectivity index (χ0v) is 14.4. The third-order valence-corrected chi connectivity index (χ3v) is 3.66. The Balaban J connectivity index is 2.17. The van der Waals surface area contributed by atoms with E-state index < -0.39 is 10.8 Å². The number of amides is 1. The number of hydrogen-bond donors (Lipinski definition) is 2. The predicted octanol–water partition coefficient (Wildman–Crippen LogP) is 2.98. The normalized spacial score (nSPS) is 10.7. The molecule has 10 heteroatoms. The molecular weight excluding hydrogens is 436 g/mol. The van der Waals surface area contributed by atoms with Crippen LogP contribution in [0, 0.1) is 10.1 Å². The summed E-state index contributed by atoms with van der Waals surface area (Å²) in [5, 5.41) is 24.3.